The normalized spacial score (nSPS) is 22.1. The van der Waals surface area contributed by atoms with Gasteiger partial charge in [-0.05, 0) is 87.3 Å². The Kier molecular flexibility index (Phi) is 13.3. The van der Waals surface area contributed by atoms with Gasteiger partial charge in [-0.3, -0.25) is 43.5 Å². The van der Waals surface area contributed by atoms with E-state index in [-0.39, 0.29) is 59.9 Å². The highest BCUT2D eigenvalue weighted by atomic mass is 35.5. The molecule has 5 heterocycles. The van der Waals surface area contributed by atoms with E-state index in [0.29, 0.717) is 48.4 Å². The molecule has 0 radical (unpaired) electrons. The van der Waals surface area contributed by atoms with E-state index < -0.39 is 48.1 Å². The van der Waals surface area contributed by atoms with E-state index in [1.807, 2.05) is 17.0 Å². The first kappa shape index (κ1) is 44.4. The number of benzene rings is 2. The van der Waals surface area contributed by atoms with Gasteiger partial charge in [0.25, 0.3) is 23.6 Å². The van der Waals surface area contributed by atoms with E-state index in [1.54, 1.807) is 24.3 Å². The number of carbonyl (C=O) groups excluding carboxylic acids is 6. The van der Waals surface area contributed by atoms with Gasteiger partial charge in [0.1, 0.15) is 30.3 Å². The summed E-state index contributed by atoms with van der Waals surface area (Å²) in [6.45, 7) is 4.05. The monoisotopic (exact) mass is 897 g/mol. The molecule has 1 saturated carbocycles. The number of nitrogens with two attached hydrogens (primary N) is 1. The van der Waals surface area contributed by atoms with E-state index in [0.717, 1.165) is 79.8 Å². The molecule has 4 fully saturated rings. The van der Waals surface area contributed by atoms with Gasteiger partial charge < -0.3 is 30.9 Å². The van der Waals surface area contributed by atoms with E-state index in [1.165, 1.54) is 6.07 Å². The van der Waals surface area contributed by atoms with Gasteiger partial charge in [0.05, 0.1) is 40.0 Å². The number of rotatable bonds is 12. The summed E-state index contributed by atoms with van der Waals surface area (Å²) in [5.74, 6) is -2.60. The molecule has 1 unspecified atom stereocenters. The Morgan fingerprint density at radius 3 is 2.25 bits per heavy atom. The third kappa shape index (κ3) is 9.49. The van der Waals surface area contributed by atoms with Crippen molar-refractivity contribution in [1.82, 2.24) is 35.5 Å². The van der Waals surface area contributed by atoms with Gasteiger partial charge in [-0.2, -0.15) is 5.26 Å². The summed E-state index contributed by atoms with van der Waals surface area (Å²) >= 11 is 6.14. The first-order chi connectivity index (χ1) is 30.9. The van der Waals surface area contributed by atoms with Gasteiger partial charge in [0.15, 0.2) is 11.5 Å². The van der Waals surface area contributed by atoms with Crippen LogP contribution in [0.25, 0.3) is 0 Å². The lowest BCUT2D eigenvalue weighted by Gasteiger charge is -2.39. The molecule has 64 heavy (non-hydrogen) atoms. The summed E-state index contributed by atoms with van der Waals surface area (Å²) in [4.78, 5) is 85.5. The van der Waals surface area contributed by atoms with Crippen molar-refractivity contribution >= 4 is 58.5 Å². The summed E-state index contributed by atoms with van der Waals surface area (Å²) < 4.78 is 21.7. The zero-order valence-corrected chi connectivity index (χ0v) is 35.9. The molecule has 2 aromatic carbocycles. The molecule has 336 valence electrons. The molecule has 18 nitrogen and oxygen atoms in total. The number of hydrogen-bond acceptors (Lipinski definition) is 14. The summed E-state index contributed by atoms with van der Waals surface area (Å²) in [5.41, 5.74) is 6.03. The Balaban J connectivity index is 0.770. The number of nitrogens with one attached hydrogen (secondary N) is 2. The van der Waals surface area contributed by atoms with Crippen molar-refractivity contribution < 1.29 is 37.9 Å². The molecule has 1 aromatic heterocycles. The fraction of sp³-hybridized carbons (Fsp3) is 0.477. The Hall–Kier alpha value is -6.23. The van der Waals surface area contributed by atoms with Crippen molar-refractivity contribution in [3.05, 3.63) is 75.7 Å². The first-order valence-electron chi connectivity index (χ1n) is 21.7. The van der Waals surface area contributed by atoms with Crippen LogP contribution in [0.1, 0.15) is 88.1 Å². The first-order valence-corrected chi connectivity index (χ1v) is 22.0. The highest BCUT2D eigenvalue weighted by molar-refractivity contribution is 6.31. The average Bonchev–Trinajstić information content (AvgIpc) is 3.54. The second-order valence-electron chi connectivity index (χ2n) is 16.8. The molecule has 1 aliphatic carbocycles. The second-order valence-corrected chi connectivity index (χ2v) is 17.2. The predicted octanol–water partition coefficient (Wildman–Crippen LogP) is 2.45. The highest BCUT2D eigenvalue weighted by Gasteiger charge is 2.47. The van der Waals surface area contributed by atoms with Crippen LogP contribution in [0.4, 0.5) is 15.9 Å². The van der Waals surface area contributed by atoms with Crippen LogP contribution in [0, 0.1) is 23.1 Å². The summed E-state index contributed by atoms with van der Waals surface area (Å²) in [7, 11) is 0. The molecule has 3 aromatic rings. The second kappa shape index (κ2) is 19.3. The summed E-state index contributed by atoms with van der Waals surface area (Å²) in [5, 5.41) is 23.6. The number of imide groups is 2. The standard InChI is InChI=1S/C44H49ClFN11O7/c45-33-19-30(4-1-27(33)22-47)64-29-5-2-28(3-6-29)50-41(60)35-7-9-38(52-51-35)55-13-11-26(12-14-55)24-53-15-17-54(18-16-53)37-21-32-31(20-34(37)46)42(61)57(43(32)62)36-8-10-40(59)56(44(36)63)25-49-39(58)23-48/h1,4,7,9,19-21,26,28-29,36H,2-3,5-6,8,10-18,23-25,48H2,(H,49,58)(H,50,60). The van der Waals surface area contributed by atoms with Gasteiger partial charge in [-0.25, -0.2) is 4.39 Å². The number of hydrogen-bond donors (Lipinski definition) is 3. The predicted molar refractivity (Wildman–Crippen MR) is 230 cm³/mol. The van der Waals surface area contributed by atoms with Crippen molar-refractivity contribution in [3.8, 4) is 11.8 Å². The number of carbonyl (C=O) groups is 6. The lowest BCUT2D eigenvalue weighted by atomic mass is 9.93. The van der Waals surface area contributed by atoms with Crippen LogP contribution in [-0.4, -0.2) is 138 Å². The molecule has 5 aliphatic rings. The number of anilines is 2. The molecule has 0 bridgehead atoms. The fourth-order valence-corrected chi connectivity index (χ4v) is 9.40. The number of ether oxygens (including phenoxy) is 1. The number of nitrogens with zero attached hydrogens (tertiary/aromatic N) is 8. The Bertz CT molecular complexity index is 2360. The van der Waals surface area contributed by atoms with Crippen molar-refractivity contribution in [2.45, 2.75) is 69.6 Å². The number of nitriles is 1. The molecule has 0 spiro atoms. The van der Waals surface area contributed by atoms with Crippen LogP contribution in [0.15, 0.2) is 42.5 Å². The van der Waals surface area contributed by atoms with Gasteiger partial charge in [0.2, 0.25) is 11.8 Å². The summed E-state index contributed by atoms with van der Waals surface area (Å²) in [6, 6.07) is 11.8. The maximum atomic E-state index is 15.6. The lowest BCUT2D eigenvalue weighted by Crippen LogP contribution is -2.58. The number of likely N-dealkylation sites (tertiary alicyclic amines) is 1. The van der Waals surface area contributed by atoms with Crippen LogP contribution >= 0.6 is 11.6 Å². The van der Waals surface area contributed by atoms with Crippen LogP contribution in [0.2, 0.25) is 5.02 Å². The minimum Gasteiger partial charge on any atom is -0.490 e. The van der Waals surface area contributed by atoms with Crippen LogP contribution < -0.4 is 30.9 Å². The molecule has 4 N–H and O–H groups in total. The Morgan fingerprint density at radius 2 is 1.59 bits per heavy atom. The molecule has 3 saturated heterocycles. The average molecular weight is 898 g/mol. The van der Waals surface area contributed by atoms with Gasteiger partial charge in [0, 0.05) is 64.3 Å². The lowest BCUT2D eigenvalue weighted by molar-refractivity contribution is -0.152. The third-order valence-corrected chi connectivity index (χ3v) is 13.1. The van der Waals surface area contributed by atoms with Crippen molar-refractivity contribution in [2.75, 3.05) is 68.8 Å². The maximum absolute atomic E-state index is 15.6. The number of piperidine rings is 2. The number of aromatic nitrogens is 2. The molecule has 20 heteroatoms. The molecular formula is C44H49ClFN11O7. The quantitative estimate of drug-likeness (QED) is 0.222. The molecule has 1 atom stereocenters. The molecule has 4 aliphatic heterocycles. The van der Waals surface area contributed by atoms with Gasteiger partial charge in [-0.15, -0.1) is 10.2 Å². The van der Waals surface area contributed by atoms with E-state index in [9.17, 15) is 28.8 Å². The molecule has 6 amide bonds. The maximum Gasteiger partial charge on any atom is 0.272 e. The van der Waals surface area contributed by atoms with Crippen LogP contribution in [0.5, 0.6) is 5.75 Å². The highest BCUT2D eigenvalue weighted by Crippen LogP contribution is 2.34. The van der Waals surface area contributed by atoms with Gasteiger partial charge in [-0.1, -0.05) is 11.6 Å². The van der Waals surface area contributed by atoms with Crippen molar-refractivity contribution in [2.24, 2.45) is 11.7 Å². The van der Waals surface area contributed by atoms with Crippen LogP contribution in [-0.2, 0) is 14.4 Å². The van der Waals surface area contributed by atoms with E-state index in [2.05, 4.69) is 30.6 Å². The Labute approximate surface area is 373 Å². The van der Waals surface area contributed by atoms with Crippen LogP contribution in [0.3, 0.4) is 0 Å². The number of halogens is 2. The fourth-order valence-electron chi connectivity index (χ4n) is 9.19. The zero-order valence-electron chi connectivity index (χ0n) is 35.1. The van der Waals surface area contributed by atoms with Crippen molar-refractivity contribution in [1.29, 1.82) is 5.26 Å². The smallest absolute Gasteiger partial charge is 0.272 e. The van der Waals surface area contributed by atoms with Crippen molar-refractivity contribution in [3.63, 3.8) is 0 Å². The summed E-state index contributed by atoms with van der Waals surface area (Å²) in [6.07, 6.45) is 4.72. The number of piperazine rings is 1. The third-order valence-electron chi connectivity index (χ3n) is 12.8. The minimum atomic E-state index is -1.28. The largest absolute Gasteiger partial charge is 0.490 e. The number of amides is 6. The van der Waals surface area contributed by atoms with E-state index >= 15 is 4.39 Å². The SMILES string of the molecule is N#Cc1ccc(OC2CCC(NC(=O)c3ccc(N4CCC(CN5CCN(c6cc7c(cc6F)C(=O)N(C6CCC(=O)N(CNC(=O)CN)C6=O)C7=O)CC5)CC4)nn3)CC2)cc1Cl. The molecular weight excluding hydrogens is 849 g/mol. The number of fused-ring (bicyclic) bond motifs is 1. The van der Waals surface area contributed by atoms with Gasteiger partial charge >= 0.3 is 0 Å². The minimum absolute atomic E-state index is 0.0000260. The topological polar surface area (TPSA) is 228 Å². The van der Waals surface area contributed by atoms with E-state index in [4.69, 9.17) is 27.3 Å². The molecule has 8 rings (SSSR count). The Morgan fingerprint density at radius 1 is 0.875 bits per heavy atom. The zero-order chi connectivity index (χ0) is 45.1.